The highest BCUT2D eigenvalue weighted by Crippen LogP contribution is 2.28. The Labute approximate surface area is 114 Å². The van der Waals surface area contributed by atoms with Crippen molar-refractivity contribution in [2.24, 2.45) is 0 Å². The van der Waals surface area contributed by atoms with E-state index >= 15 is 0 Å². The molecule has 106 valence electrons. The Balaban J connectivity index is 2.11. The van der Waals surface area contributed by atoms with E-state index in [4.69, 9.17) is 4.74 Å². The molecule has 3 nitrogen and oxygen atoms in total. The molecule has 0 aliphatic carbocycles. The Morgan fingerprint density at radius 3 is 2.74 bits per heavy atom. The van der Waals surface area contributed by atoms with Gasteiger partial charge in [0.15, 0.2) is 11.6 Å². The van der Waals surface area contributed by atoms with E-state index in [2.05, 4.69) is 24.1 Å². The molecule has 1 saturated heterocycles. The first-order valence-electron chi connectivity index (χ1n) is 6.83. The molecular formula is C15H23FN2O. The number of halogens is 1. The van der Waals surface area contributed by atoms with E-state index in [1.807, 2.05) is 20.0 Å². The van der Waals surface area contributed by atoms with Gasteiger partial charge in [0.05, 0.1) is 6.61 Å². The first kappa shape index (κ1) is 14.1. The van der Waals surface area contributed by atoms with Gasteiger partial charge in [0.2, 0.25) is 0 Å². The lowest BCUT2D eigenvalue weighted by molar-refractivity contribution is 0.321. The molecule has 0 bridgehead atoms. The molecule has 1 aliphatic heterocycles. The maximum Gasteiger partial charge on any atom is 0.167 e. The number of benzene rings is 1. The van der Waals surface area contributed by atoms with Gasteiger partial charge >= 0.3 is 0 Å². The number of hydrogen-bond acceptors (Lipinski definition) is 3. The summed E-state index contributed by atoms with van der Waals surface area (Å²) in [5.41, 5.74) is 1.05. The Hall–Kier alpha value is -1.29. The minimum absolute atomic E-state index is 0.155. The van der Waals surface area contributed by atoms with Crippen molar-refractivity contribution >= 4 is 5.69 Å². The average molecular weight is 266 g/mol. The summed E-state index contributed by atoms with van der Waals surface area (Å²) in [7, 11) is 2.02. The minimum atomic E-state index is -0.295. The third kappa shape index (κ3) is 3.18. The number of anilines is 1. The van der Waals surface area contributed by atoms with Gasteiger partial charge in [-0.25, -0.2) is 4.39 Å². The molecule has 0 spiro atoms. The zero-order chi connectivity index (χ0) is 14.0. The lowest BCUT2D eigenvalue weighted by Crippen LogP contribution is -2.33. The van der Waals surface area contributed by atoms with E-state index in [9.17, 15) is 4.39 Å². The van der Waals surface area contributed by atoms with Crippen LogP contribution in [0.15, 0.2) is 18.2 Å². The summed E-state index contributed by atoms with van der Waals surface area (Å²) in [6.45, 7) is 7.65. The van der Waals surface area contributed by atoms with Gasteiger partial charge in [0, 0.05) is 36.9 Å². The summed E-state index contributed by atoms with van der Waals surface area (Å²) in [6.07, 6.45) is 1.05. The minimum Gasteiger partial charge on any atom is -0.491 e. The number of ether oxygens (including phenoxy) is 1. The Kier molecular flexibility index (Phi) is 3.99. The molecule has 1 N–H and O–H groups in total. The molecule has 1 atom stereocenters. The van der Waals surface area contributed by atoms with Crippen molar-refractivity contribution in [3.8, 4) is 5.75 Å². The van der Waals surface area contributed by atoms with Gasteiger partial charge in [0.1, 0.15) is 0 Å². The number of likely N-dealkylation sites (N-methyl/N-ethyl adjacent to an activating group) is 1. The van der Waals surface area contributed by atoms with Crippen LogP contribution in [0.2, 0.25) is 0 Å². The Morgan fingerprint density at radius 2 is 2.21 bits per heavy atom. The number of hydrogen-bond donors (Lipinski definition) is 1. The van der Waals surface area contributed by atoms with E-state index in [0.29, 0.717) is 18.4 Å². The van der Waals surface area contributed by atoms with Crippen molar-refractivity contribution in [2.45, 2.75) is 38.8 Å². The third-order valence-electron chi connectivity index (χ3n) is 3.73. The molecule has 1 heterocycles. The number of nitrogens with zero attached hydrogens (tertiary/aromatic N) is 1. The summed E-state index contributed by atoms with van der Waals surface area (Å²) in [5.74, 6) is 0.0287. The van der Waals surface area contributed by atoms with Gasteiger partial charge in [0.25, 0.3) is 0 Å². The summed E-state index contributed by atoms with van der Waals surface area (Å²) >= 11 is 0. The fourth-order valence-electron chi connectivity index (χ4n) is 2.59. The molecule has 1 unspecified atom stereocenters. The zero-order valence-corrected chi connectivity index (χ0v) is 12.2. The molecule has 0 amide bonds. The molecule has 0 aromatic heterocycles. The molecular weight excluding hydrogens is 243 g/mol. The molecule has 1 aliphatic rings. The maximum atomic E-state index is 13.9. The van der Waals surface area contributed by atoms with Crippen molar-refractivity contribution < 1.29 is 9.13 Å². The van der Waals surface area contributed by atoms with E-state index in [0.717, 1.165) is 18.7 Å². The van der Waals surface area contributed by atoms with Crippen molar-refractivity contribution in [3.63, 3.8) is 0 Å². The van der Waals surface area contributed by atoms with E-state index in [1.165, 1.54) is 0 Å². The van der Waals surface area contributed by atoms with Crippen LogP contribution in [0.1, 0.15) is 27.2 Å². The van der Waals surface area contributed by atoms with Crippen LogP contribution >= 0.6 is 0 Å². The van der Waals surface area contributed by atoms with Gasteiger partial charge in [-0.05, 0) is 39.3 Å². The predicted molar refractivity (Wildman–Crippen MR) is 76.5 cm³/mol. The average Bonchev–Trinajstić information content (AvgIpc) is 2.71. The van der Waals surface area contributed by atoms with Crippen LogP contribution < -0.4 is 15.0 Å². The molecule has 2 rings (SSSR count). The van der Waals surface area contributed by atoms with Crippen LogP contribution in [0.3, 0.4) is 0 Å². The van der Waals surface area contributed by atoms with E-state index in [1.54, 1.807) is 12.1 Å². The van der Waals surface area contributed by atoms with Crippen LogP contribution in [0, 0.1) is 5.82 Å². The second kappa shape index (κ2) is 5.37. The van der Waals surface area contributed by atoms with Gasteiger partial charge in [-0.15, -0.1) is 0 Å². The highest BCUT2D eigenvalue weighted by molar-refractivity contribution is 5.50. The van der Waals surface area contributed by atoms with Crippen LogP contribution in [0.5, 0.6) is 5.75 Å². The van der Waals surface area contributed by atoms with Crippen molar-refractivity contribution in [1.82, 2.24) is 5.32 Å². The molecule has 0 radical (unpaired) electrons. The highest BCUT2D eigenvalue weighted by Gasteiger charge is 2.32. The largest absolute Gasteiger partial charge is 0.491 e. The third-order valence-corrected chi connectivity index (χ3v) is 3.73. The first-order valence-corrected chi connectivity index (χ1v) is 6.83. The molecule has 1 fully saturated rings. The predicted octanol–water partition coefficient (Wildman–Crippen LogP) is 2.80. The summed E-state index contributed by atoms with van der Waals surface area (Å²) in [6, 6.07) is 5.57. The highest BCUT2D eigenvalue weighted by atomic mass is 19.1. The number of rotatable bonds is 4. The van der Waals surface area contributed by atoms with E-state index in [-0.39, 0.29) is 11.4 Å². The molecule has 4 heteroatoms. The lowest BCUT2D eigenvalue weighted by Gasteiger charge is -2.27. The molecule has 19 heavy (non-hydrogen) atoms. The van der Waals surface area contributed by atoms with Crippen LogP contribution in [-0.2, 0) is 0 Å². The van der Waals surface area contributed by atoms with Gasteiger partial charge in [-0.2, -0.15) is 0 Å². The van der Waals surface area contributed by atoms with Crippen LogP contribution in [0.25, 0.3) is 0 Å². The normalized spacial score (nSPS) is 21.4. The van der Waals surface area contributed by atoms with Gasteiger partial charge in [-0.3, -0.25) is 0 Å². The monoisotopic (exact) mass is 266 g/mol. The summed E-state index contributed by atoms with van der Waals surface area (Å²) in [4.78, 5) is 2.14. The summed E-state index contributed by atoms with van der Waals surface area (Å²) in [5, 5.41) is 3.48. The van der Waals surface area contributed by atoms with Crippen molar-refractivity contribution in [2.75, 3.05) is 25.1 Å². The smallest absolute Gasteiger partial charge is 0.167 e. The number of nitrogens with one attached hydrogen (secondary N) is 1. The molecule has 1 aromatic rings. The lowest BCUT2D eigenvalue weighted by atomic mass is 10.0. The van der Waals surface area contributed by atoms with Crippen molar-refractivity contribution in [3.05, 3.63) is 24.0 Å². The molecule has 1 aromatic carbocycles. The summed E-state index contributed by atoms with van der Waals surface area (Å²) < 4.78 is 19.1. The second-order valence-electron chi connectivity index (χ2n) is 5.78. The Bertz CT molecular complexity index is 448. The zero-order valence-electron chi connectivity index (χ0n) is 12.2. The van der Waals surface area contributed by atoms with Crippen LogP contribution in [-0.4, -0.2) is 31.8 Å². The van der Waals surface area contributed by atoms with Crippen molar-refractivity contribution in [1.29, 1.82) is 0 Å². The topological polar surface area (TPSA) is 24.5 Å². The van der Waals surface area contributed by atoms with Gasteiger partial charge in [-0.1, -0.05) is 0 Å². The van der Waals surface area contributed by atoms with Crippen LogP contribution in [0.4, 0.5) is 10.1 Å². The second-order valence-corrected chi connectivity index (χ2v) is 5.78. The fourth-order valence-corrected chi connectivity index (χ4v) is 2.59. The standard InChI is InChI=1S/C15H23FN2O/c1-5-19-14-7-6-11(8-13(14)16)18(4)12-9-15(2,3)17-10-12/h6-8,12,17H,5,9-10H2,1-4H3. The fraction of sp³-hybridized carbons (Fsp3) is 0.600. The molecule has 0 saturated carbocycles. The first-order chi connectivity index (χ1) is 8.93. The quantitative estimate of drug-likeness (QED) is 0.907. The van der Waals surface area contributed by atoms with E-state index < -0.39 is 0 Å². The van der Waals surface area contributed by atoms with Gasteiger partial charge < -0.3 is 15.0 Å². The maximum absolute atomic E-state index is 13.9. The SMILES string of the molecule is CCOc1ccc(N(C)C2CNC(C)(C)C2)cc1F. The Morgan fingerprint density at radius 1 is 1.47 bits per heavy atom.